The molecule has 0 spiro atoms. The highest BCUT2D eigenvalue weighted by molar-refractivity contribution is 6.74. The molecule has 0 aromatic carbocycles. The molecule has 3 fully saturated rings. The minimum atomic E-state index is -2.45. The third kappa shape index (κ3) is 5.64. The average Bonchev–Trinajstić information content (AvgIpc) is 3.10. The first-order valence-corrected chi connectivity index (χ1v) is 15.2. The van der Waals surface area contributed by atoms with Crippen LogP contribution in [0.5, 0.6) is 0 Å². The molecular formula is C23H44O11Si. The van der Waals surface area contributed by atoms with Crippen LogP contribution >= 0.6 is 0 Å². The monoisotopic (exact) mass is 524 g/mol. The number of aliphatic hydroxyl groups is 5. The number of aliphatic hydroxyl groups excluding tert-OH is 5. The maximum absolute atomic E-state index is 11.0. The molecule has 10 atom stereocenters. The topological polar surface area (TPSA) is 157 Å². The zero-order valence-corrected chi connectivity index (χ0v) is 23.0. The van der Waals surface area contributed by atoms with Crippen LogP contribution in [0.15, 0.2) is 0 Å². The molecule has 3 heterocycles. The number of ether oxygens (including phenoxy) is 5. The molecule has 0 aliphatic carbocycles. The van der Waals surface area contributed by atoms with Crippen molar-refractivity contribution in [3.63, 3.8) is 0 Å². The number of rotatable bonds is 8. The lowest BCUT2D eigenvalue weighted by molar-refractivity contribution is -0.346. The van der Waals surface area contributed by atoms with E-state index < -0.39 is 88.7 Å². The number of fused-ring (bicyclic) bond motifs is 1. The second-order valence-electron chi connectivity index (χ2n) is 11.6. The van der Waals surface area contributed by atoms with Crippen molar-refractivity contribution in [1.29, 1.82) is 0 Å². The van der Waals surface area contributed by atoms with E-state index in [1.54, 1.807) is 13.8 Å². The van der Waals surface area contributed by atoms with Gasteiger partial charge in [0.1, 0.15) is 48.8 Å². The fraction of sp³-hybridized carbons (Fsp3) is 1.00. The second kappa shape index (κ2) is 10.5. The van der Waals surface area contributed by atoms with Crippen LogP contribution in [-0.4, -0.2) is 114 Å². The van der Waals surface area contributed by atoms with Gasteiger partial charge in [-0.15, -0.1) is 0 Å². The van der Waals surface area contributed by atoms with Crippen LogP contribution in [0.1, 0.15) is 41.5 Å². The predicted molar refractivity (Wildman–Crippen MR) is 126 cm³/mol. The Morgan fingerprint density at radius 1 is 0.857 bits per heavy atom. The van der Waals surface area contributed by atoms with Crippen molar-refractivity contribution in [2.24, 2.45) is 5.92 Å². The van der Waals surface area contributed by atoms with E-state index >= 15 is 0 Å². The van der Waals surface area contributed by atoms with Gasteiger partial charge in [-0.05, 0) is 37.9 Å². The van der Waals surface area contributed by atoms with Gasteiger partial charge in [0, 0.05) is 0 Å². The van der Waals surface area contributed by atoms with E-state index in [4.69, 9.17) is 28.1 Å². The molecule has 0 amide bonds. The summed E-state index contributed by atoms with van der Waals surface area (Å²) in [6.45, 7) is 14.9. The van der Waals surface area contributed by atoms with Crippen LogP contribution in [0, 0.1) is 5.92 Å². The second-order valence-corrected chi connectivity index (χ2v) is 16.1. The summed E-state index contributed by atoms with van der Waals surface area (Å²) >= 11 is 0. The molecule has 0 saturated carbocycles. The molecular weight excluding hydrogens is 480 g/mol. The molecule has 11 nitrogen and oxygen atoms in total. The highest BCUT2D eigenvalue weighted by Gasteiger charge is 2.57. The standard InChI is InChI=1S/C23H44O11Si/c1-11(2)22(3,4)35(7,8)34-21-15(27)14(26)17(12(9-24)30-21)31-20-16(28)19-18(13(10-25)29-20)32-23(5,6)33-19/h11-21,24-28H,9-10H2,1-8H3/t12-,13-,14-,15-,16-,17-,18+,19-,20+,21+/m1/s1. The Labute approximate surface area is 208 Å². The molecule has 3 aliphatic rings. The van der Waals surface area contributed by atoms with Crippen LogP contribution in [0.2, 0.25) is 18.1 Å². The molecule has 3 rings (SSSR count). The molecule has 3 aliphatic heterocycles. The van der Waals surface area contributed by atoms with Gasteiger partial charge in [-0.3, -0.25) is 0 Å². The highest BCUT2D eigenvalue weighted by atomic mass is 28.4. The first-order chi connectivity index (χ1) is 16.1. The Kier molecular flexibility index (Phi) is 8.80. The Balaban J connectivity index is 1.75. The van der Waals surface area contributed by atoms with Crippen molar-refractivity contribution < 1.29 is 53.6 Å². The maximum Gasteiger partial charge on any atom is 0.196 e. The average molecular weight is 525 g/mol. The third-order valence-electron chi connectivity index (χ3n) is 8.15. The van der Waals surface area contributed by atoms with Crippen molar-refractivity contribution in [2.75, 3.05) is 13.2 Å². The molecule has 0 radical (unpaired) electrons. The molecule has 0 aromatic rings. The zero-order valence-electron chi connectivity index (χ0n) is 22.0. The first kappa shape index (κ1) is 29.3. The van der Waals surface area contributed by atoms with Crippen LogP contribution < -0.4 is 0 Å². The molecule has 35 heavy (non-hydrogen) atoms. The van der Waals surface area contributed by atoms with Crippen molar-refractivity contribution in [3.05, 3.63) is 0 Å². The van der Waals surface area contributed by atoms with E-state index in [0.717, 1.165) is 0 Å². The Hall–Kier alpha value is -0.223. The minimum Gasteiger partial charge on any atom is -0.394 e. The normalized spacial score (nSPS) is 42.3. The largest absolute Gasteiger partial charge is 0.394 e. The van der Waals surface area contributed by atoms with E-state index in [1.807, 2.05) is 13.1 Å². The van der Waals surface area contributed by atoms with E-state index in [9.17, 15) is 25.5 Å². The summed E-state index contributed by atoms with van der Waals surface area (Å²) in [6.07, 6.45) is -11.5. The predicted octanol–water partition coefficient (Wildman–Crippen LogP) is 0.0667. The van der Waals surface area contributed by atoms with Gasteiger partial charge in [-0.25, -0.2) is 0 Å². The molecule has 12 heteroatoms. The quantitative estimate of drug-likeness (QED) is 0.274. The Morgan fingerprint density at radius 3 is 1.94 bits per heavy atom. The van der Waals surface area contributed by atoms with Crippen molar-refractivity contribution in [3.8, 4) is 0 Å². The zero-order chi connectivity index (χ0) is 26.5. The van der Waals surface area contributed by atoms with Gasteiger partial charge in [0.2, 0.25) is 0 Å². The van der Waals surface area contributed by atoms with Crippen molar-refractivity contribution in [1.82, 2.24) is 0 Å². The molecule has 0 unspecified atom stereocenters. The van der Waals surface area contributed by atoms with Gasteiger partial charge >= 0.3 is 0 Å². The number of hydrogen-bond acceptors (Lipinski definition) is 11. The highest BCUT2D eigenvalue weighted by Crippen LogP contribution is 2.46. The van der Waals surface area contributed by atoms with Gasteiger partial charge in [0.25, 0.3) is 0 Å². The lowest BCUT2D eigenvalue weighted by atomic mass is 9.97. The SMILES string of the molecule is CC(C)C(C)(C)[Si](C)(C)O[C@@H]1O[C@H](CO)[C@@H](O[C@@H]2O[C@H](CO)[C@@H]3OC(C)(C)O[C@@H]3[C@H]2O)[C@H](O)[C@H]1O. The Bertz CT molecular complexity index is 716. The van der Waals surface area contributed by atoms with E-state index in [2.05, 4.69) is 27.7 Å². The Morgan fingerprint density at radius 2 is 1.40 bits per heavy atom. The van der Waals surface area contributed by atoms with E-state index in [1.165, 1.54) is 0 Å². The van der Waals surface area contributed by atoms with Gasteiger partial charge in [0.15, 0.2) is 26.7 Å². The summed E-state index contributed by atoms with van der Waals surface area (Å²) < 4.78 is 35.3. The minimum absolute atomic E-state index is 0.171. The fourth-order valence-corrected chi connectivity index (χ4v) is 7.19. The lowest BCUT2D eigenvalue weighted by Gasteiger charge is -2.49. The molecule has 0 aromatic heterocycles. The van der Waals surface area contributed by atoms with Crippen LogP contribution in [-0.2, 0) is 28.1 Å². The fourth-order valence-electron chi connectivity index (χ4n) is 4.72. The van der Waals surface area contributed by atoms with Gasteiger partial charge in [-0.2, -0.15) is 0 Å². The van der Waals surface area contributed by atoms with Crippen LogP contribution in [0.25, 0.3) is 0 Å². The summed E-state index contributed by atoms with van der Waals surface area (Å²) in [4.78, 5) is 0. The van der Waals surface area contributed by atoms with E-state index in [-0.39, 0.29) is 5.04 Å². The van der Waals surface area contributed by atoms with Crippen LogP contribution in [0.4, 0.5) is 0 Å². The third-order valence-corrected chi connectivity index (χ3v) is 12.7. The smallest absolute Gasteiger partial charge is 0.196 e. The summed E-state index contributed by atoms with van der Waals surface area (Å²) in [5.74, 6) is -0.691. The van der Waals surface area contributed by atoms with Crippen molar-refractivity contribution >= 4 is 8.32 Å². The summed E-state index contributed by atoms with van der Waals surface area (Å²) in [5, 5.41) is 52.3. The van der Waals surface area contributed by atoms with E-state index in [0.29, 0.717) is 5.92 Å². The molecule has 206 valence electrons. The van der Waals surface area contributed by atoms with Gasteiger partial charge < -0.3 is 53.6 Å². The van der Waals surface area contributed by atoms with Crippen molar-refractivity contribution in [2.45, 2.75) is 127 Å². The molecule has 3 saturated heterocycles. The lowest BCUT2D eigenvalue weighted by Crippen LogP contribution is -2.65. The number of hydrogen-bond donors (Lipinski definition) is 5. The maximum atomic E-state index is 11.0. The molecule has 0 bridgehead atoms. The van der Waals surface area contributed by atoms with Crippen LogP contribution in [0.3, 0.4) is 0 Å². The summed E-state index contributed by atoms with van der Waals surface area (Å²) in [7, 11) is -2.45. The van der Waals surface area contributed by atoms with Gasteiger partial charge in [0.05, 0.1) is 13.2 Å². The molecule has 5 N–H and O–H groups in total. The van der Waals surface area contributed by atoms with Gasteiger partial charge in [-0.1, -0.05) is 27.7 Å². The summed E-state index contributed by atoms with van der Waals surface area (Å²) in [5.41, 5.74) is 0. The summed E-state index contributed by atoms with van der Waals surface area (Å²) in [6, 6.07) is 0. The first-order valence-electron chi connectivity index (χ1n) is 12.3.